The molecule has 0 saturated carbocycles. The van der Waals surface area contributed by atoms with Gasteiger partial charge in [0.2, 0.25) is 5.13 Å². The molecule has 19 heavy (non-hydrogen) atoms. The monoisotopic (exact) mass is 298 g/mol. The Kier molecular flexibility index (Phi) is 4.73. The van der Waals surface area contributed by atoms with E-state index in [2.05, 4.69) is 10.2 Å². The largest absolute Gasteiger partial charge is 0.353 e. The summed E-state index contributed by atoms with van der Waals surface area (Å²) in [6, 6.07) is 5.31. The van der Waals surface area contributed by atoms with E-state index in [0.29, 0.717) is 16.9 Å². The van der Waals surface area contributed by atoms with E-state index >= 15 is 0 Å². The molecule has 0 atom stereocenters. The Morgan fingerprint density at radius 1 is 1.32 bits per heavy atom. The summed E-state index contributed by atoms with van der Waals surface area (Å²) in [6.07, 6.45) is 0. The van der Waals surface area contributed by atoms with Crippen molar-refractivity contribution in [3.8, 4) is 0 Å². The lowest BCUT2D eigenvalue weighted by molar-refractivity contribution is 0.600. The Morgan fingerprint density at radius 3 is 2.68 bits per heavy atom. The van der Waals surface area contributed by atoms with Crippen LogP contribution in [0.5, 0.6) is 0 Å². The summed E-state index contributed by atoms with van der Waals surface area (Å²) in [5, 5.41) is 8.96. The fraction of sp³-hybridized carbons (Fsp3) is 0.333. The van der Waals surface area contributed by atoms with Gasteiger partial charge in [0.25, 0.3) is 0 Å². The van der Waals surface area contributed by atoms with Crippen molar-refractivity contribution in [3.63, 3.8) is 0 Å². The zero-order valence-corrected chi connectivity index (χ0v) is 12.4. The molecule has 0 amide bonds. The fourth-order valence-electron chi connectivity index (χ4n) is 1.48. The first kappa shape index (κ1) is 14.2. The number of hydrogen-bond donors (Lipinski definition) is 1. The molecular formula is C12H15FN4S2. The van der Waals surface area contributed by atoms with Crippen molar-refractivity contribution in [3.05, 3.63) is 35.1 Å². The van der Waals surface area contributed by atoms with Gasteiger partial charge in [-0.2, -0.15) is 0 Å². The van der Waals surface area contributed by atoms with Gasteiger partial charge in [-0.1, -0.05) is 41.3 Å². The predicted octanol–water partition coefficient (Wildman–Crippen LogP) is 2.49. The average molecular weight is 298 g/mol. The molecule has 2 aromatic rings. The van der Waals surface area contributed by atoms with Crippen molar-refractivity contribution in [2.24, 2.45) is 5.73 Å². The molecule has 7 heteroatoms. The van der Waals surface area contributed by atoms with Crippen LogP contribution in [0.2, 0.25) is 0 Å². The Hall–Kier alpha value is -1.18. The second kappa shape index (κ2) is 6.31. The van der Waals surface area contributed by atoms with Gasteiger partial charge in [-0.15, -0.1) is 10.2 Å². The Bertz CT molecular complexity index is 556. The van der Waals surface area contributed by atoms with Crippen LogP contribution in [0.4, 0.5) is 9.52 Å². The maximum absolute atomic E-state index is 14.0. The lowest BCUT2D eigenvalue weighted by Crippen LogP contribution is -2.07. The molecule has 1 aromatic heterocycles. The smallest absolute Gasteiger partial charge is 0.208 e. The number of halogens is 1. The van der Waals surface area contributed by atoms with E-state index < -0.39 is 0 Å². The van der Waals surface area contributed by atoms with Gasteiger partial charge >= 0.3 is 0 Å². The van der Waals surface area contributed by atoms with Crippen molar-refractivity contribution in [1.82, 2.24) is 10.2 Å². The highest BCUT2D eigenvalue weighted by Gasteiger charge is 2.10. The number of thioether (sulfide) groups is 1. The Labute approximate surface area is 119 Å². The molecule has 0 bridgehead atoms. The highest BCUT2D eigenvalue weighted by molar-refractivity contribution is 8.00. The first-order valence-electron chi connectivity index (χ1n) is 5.71. The first-order valence-corrected chi connectivity index (χ1v) is 7.52. The minimum atomic E-state index is -0.213. The molecule has 2 N–H and O–H groups in total. The molecule has 0 saturated heterocycles. The van der Waals surface area contributed by atoms with Gasteiger partial charge in [0, 0.05) is 32.0 Å². The van der Waals surface area contributed by atoms with Crippen LogP contribution >= 0.6 is 23.1 Å². The molecule has 102 valence electrons. The molecule has 0 unspecified atom stereocenters. The third-order valence-electron chi connectivity index (χ3n) is 2.51. The normalized spacial score (nSPS) is 10.7. The maximum atomic E-state index is 14.0. The van der Waals surface area contributed by atoms with Crippen LogP contribution < -0.4 is 10.6 Å². The summed E-state index contributed by atoms with van der Waals surface area (Å²) in [6.45, 7) is 0.216. The van der Waals surface area contributed by atoms with Crippen LogP contribution in [0.25, 0.3) is 0 Å². The van der Waals surface area contributed by atoms with Crippen molar-refractivity contribution in [2.45, 2.75) is 16.6 Å². The summed E-state index contributed by atoms with van der Waals surface area (Å²) >= 11 is 2.98. The molecule has 0 spiro atoms. The lowest BCUT2D eigenvalue weighted by atomic mass is 10.1. The Balaban J connectivity index is 2.06. The highest BCUT2D eigenvalue weighted by atomic mass is 32.2. The van der Waals surface area contributed by atoms with Crippen LogP contribution in [-0.4, -0.2) is 24.3 Å². The molecule has 0 fully saturated rings. The number of nitrogens with two attached hydrogens (primary N) is 1. The number of anilines is 1. The number of aromatic nitrogens is 2. The summed E-state index contributed by atoms with van der Waals surface area (Å²) in [7, 11) is 3.83. The van der Waals surface area contributed by atoms with E-state index in [1.165, 1.54) is 23.1 Å². The van der Waals surface area contributed by atoms with Gasteiger partial charge in [-0.25, -0.2) is 4.39 Å². The molecule has 0 aliphatic rings. The SMILES string of the molecule is CN(C)c1nnc(SCc2cccc(CN)c2F)s1. The molecule has 2 rings (SSSR count). The van der Waals surface area contributed by atoms with Gasteiger partial charge in [0.05, 0.1) is 0 Å². The molecule has 0 aliphatic carbocycles. The molecule has 1 aromatic carbocycles. The van der Waals surface area contributed by atoms with Crippen LogP contribution in [0.1, 0.15) is 11.1 Å². The number of nitrogens with zero attached hydrogens (tertiary/aromatic N) is 3. The third kappa shape index (κ3) is 3.43. The molecule has 4 nitrogen and oxygen atoms in total. The van der Waals surface area contributed by atoms with E-state index in [4.69, 9.17) is 5.73 Å². The maximum Gasteiger partial charge on any atom is 0.208 e. The van der Waals surface area contributed by atoms with E-state index in [1.807, 2.05) is 25.1 Å². The Morgan fingerprint density at radius 2 is 2.05 bits per heavy atom. The molecule has 1 heterocycles. The zero-order valence-electron chi connectivity index (χ0n) is 10.8. The van der Waals surface area contributed by atoms with Crippen LogP contribution in [0.3, 0.4) is 0 Å². The first-order chi connectivity index (χ1) is 9.11. The third-order valence-corrected chi connectivity index (χ3v) is 4.78. The zero-order chi connectivity index (χ0) is 13.8. The number of rotatable bonds is 5. The predicted molar refractivity (Wildman–Crippen MR) is 78.1 cm³/mol. The quantitative estimate of drug-likeness (QED) is 0.860. The van der Waals surface area contributed by atoms with Gasteiger partial charge in [-0.3, -0.25) is 0 Å². The minimum Gasteiger partial charge on any atom is -0.353 e. The van der Waals surface area contributed by atoms with E-state index in [0.717, 1.165) is 9.47 Å². The standard InChI is InChI=1S/C12H15FN4S2/c1-17(2)11-15-16-12(19-11)18-7-9-5-3-4-8(6-14)10(9)13/h3-5H,6-7,14H2,1-2H3. The summed E-state index contributed by atoms with van der Waals surface area (Å²) < 4.78 is 14.8. The van der Waals surface area contributed by atoms with Crippen molar-refractivity contribution >= 4 is 28.2 Å². The number of hydrogen-bond acceptors (Lipinski definition) is 6. The fourth-order valence-corrected chi connectivity index (χ4v) is 3.22. The van der Waals surface area contributed by atoms with Gasteiger partial charge in [0.1, 0.15) is 5.82 Å². The van der Waals surface area contributed by atoms with E-state index in [-0.39, 0.29) is 12.4 Å². The summed E-state index contributed by atoms with van der Waals surface area (Å²) in [5.41, 5.74) is 6.68. The van der Waals surface area contributed by atoms with Crippen molar-refractivity contribution in [2.75, 3.05) is 19.0 Å². The molecule has 0 radical (unpaired) electrons. The minimum absolute atomic E-state index is 0.213. The van der Waals surface area contributed by atoms with Crippen LogP contribution in [0, 0.1) is 5.82 Å². The molecule has 0 aliphatic heterocycles. The second-order valence-corrected chi connectivity index (χ2v) is 6.31. The highest BCUT2D eigenvalue weighted by Crippen LogP contribution is 2.30. The van der Waals surface area contributed by atoms with E-state index in [9.17, 15) is 4.39 Å². The summed E-state index contributed by atoms with van der Waals surface area (Å²) in [5.74, 6) is 0.316. The average Bonchev–Trinajstić information content (AvgIpc) is 2.86. The van der Waals surface area contributed by atoms with Crippen LogP contribution in [0.15, 0.2) is 22.5 Å². The van der Waals surface area contributed by atoms with Crippen LogP contribution in [-0.2, 0) is 12.3 Å². The summed E-state index contributed by atoms with van der Waals surface area (Å²) in [4.78, 5) is 1.90. The lowest BCUT2D eigenvalue weighted by Gasteiger charge is -2.05. The molecular weight excluding hydrogens is 283 g/mol. The topological polar surface area (TPSA) is 55.0 Å². The van der Waals surface area contributed by atoms with Gasteiger partial charge < -0.3 is 10.6 Å². The van der Waals surface area contributed by atoms with Crippen molar-refractivity contribution in [1.29, 1.82) is 0 Å². The van der Waals surface area contributed by atoms with Crippen molar-refractivity contribution < 1.29 is 4.39 Å². The van der Waals surface area contributed by atoms with E-state index in [1.54, 1.807) is 12.1 Å². The van der Waals surface area contributed by atoms with Gasteiger partial charge in [0.15, 0.2) is 4.34 Å². The number of benzene rings is 1. The second-order valence-electron chi connectivity index (χ2n) is 4.13. The van der Waals surface area contributed by atoms with Gasteiger partial charge in [-0.05, 0) is 5.56 Å².